The van der Waals surface area contributed by atoms with Gasteiger partial charge in [0.1, 0.15) is 6.10 Å². The Bertz CT molecular complexity index is 743. The number of hydrogen-bond acceptors (Lipinski definition) is 4. The van der Waals surface area contributed by atoms with E-state index in [1.807, 2.05) is 31.0 Å². The second-order valence-corrected chi connectivity index (χ2v) is 7.72. The number of nitrogens with one attached hydrogen (secondary N) is 1. The number of allylic oxidation sites excluding steroid dienone is 1. The highest BCUT2D eigenvalue weighted by atomic mass is 16.5. The quantitative estimate of drug-likeness (QED) is 0.765. The van der Waals surface area contributed by atoms with Crippen molar-refractivity contribution in [2.45, 2.75) is 51.2 Å². The number of hydrogen-bond donors (Lipinski definition) is 1. The molecular weight excluding hydrogens is 354 g/mol. The summed E-state index contributed by atoms with van der Waals surface area (Å²) in [7, 11) is 1.93. The lowest BCUT2D eigenvalue weighted by atomic mass is 9.93. The Morgan fingerprint density at radius 1 is 1.39 bits per heavy atom. The van der Waals surface area contributed by atoms with Crippen LogP contribution in [0, 0.1) is 0 Å². The summed E-state index contributed by atoms with van der Waals surface area (Å²) in [5.41, 5.74) is 2.73. The number of fused-ring (bicyclic) bond motifs is 1. The van der Waals surface area contributed by atoms with Crippen LogP contribution in [-0.2, 0) is 14.3 Å². The topological polar surface area (TPSA) is 61.9 Å². The van der Waals surface area contributed by atoms with Crippen molar-refractivity contribution >= 4 is 23.2 Å². The first kappa shape index (κ1) is 20.6. The molecule has 0 radical (unpaired) electrons. The van der Waals surface area contributed by atoms with Gasteiger partial charge in [0.05, 0.1) is 17.4 Å². The third-order valence-corrected chi connectivity index (χ3v) is 5.62. The van der Waals surface area contributed by atoms with Gasteiger partial charge in [-0.15, -0.1) is 6.58 Å². The van der Waals surface area contributed by atoms with Gasteiger partial charge in [-0.05, 0) is 56.8 Å². The van der Waals surface area contributed by atoms with E-state index in [2.05, 4.69) is 24.0 Å². The number of rotatable bonds is 6. The first-order valence-corrected chi connectivity index (χ1v) is 10.1. The molecule has 1 N–H and O–H groups in total. The lowest BCUT2D eigenvalue weighted by Crippen LogP contribution is -2.53. The van der Waals surface area contributed by atoms with E-state index < -0.39 is 0 Å². The van der Waals surface area contributed by atoms with Crippen molar-refractivity contribution in [2.75, 3.05) is 36.5 Å². The minimum absolute atomic E-state index is 0.000149. The summed E-state index contributed by atoms with van der Waals surface area (Å²) >= 11 is 0. The predicted octanol–water partition coefficient (Wildman–Crippen LogP) is 2.83. The Hall–Kier alpha value is -2.18. The maximum atomic E-state index is 13.2. The van der Waals surface area contributed by atoms with Crippen molar-refractivity contribution in [3.05, 3.63) is 36.4 Å². The fourth-order valence-electron chi connectivity index (χ4n) is 4.32. The molecule has 2 aliphatic heterocycles. The second-order valence-electron chi connectivity index (χ2n) is 7.72. The largest absolute Gasteiger partial charge is 0.368 e. The lowest BCUT2D eigenvalue weighted by molar-refractivity contribution is -0.127. The highest BCUT2D eigenvalue weighted by molar-refractivity contribution is 6.05. The number of nitrogens with zero attached hydrogens (tertiary/aromatic N) is 2. The lowest BCUT2D eigenvalue weighted by Gasteiger charge is -2.41. The monoisotopic (exact) mass is 385 g/mol. The molecule has 0 spiro atoms. The molecule has 28 heavy (non-hydrogen) atoms. The smallest absolute Gasteiger partial charge is 0.256 e. The molecule has 3 atom stereocenters. The van der Waals surface area contributed by atoms with E-state index in [1.165, 1.54) is 0 Å². The third kappa shape index (κ3) is 3.98. The number of carbonyl (C=O) groups excluding carboxylic acids is 2. The molecule has 2 unspecified atom stereocenters. The minimum Gasteiger partial charge on any atom is -0.368 e. The summed E-state index contributed by atoms with van der Waals surface area (Å²) in [6.07, 6.45) is 4.05. The Morgan fingerprint density at radius 2 is 2.18 bits per heavy atom. The summed E-state index contributed by atoms with van der Waals surface area (Å²) < 4.78 is 5.65. The molecule has 0 aromatic heterocycles. The molecule has 1 fully saturated rings. The van der Waals surface area contributed by atoms with E-state index in [-0.39, 0.29) is 29.9 Å². The van der Waals surface area contributed by atoms with E-state index in [0.29, 0.717) is 13.2 Å². The average Bonchev–Trinajstić information content (AvgIpc) is 3.20. The molecule has 2 aliphatic rings. The molecule has 6 heteroatoms. The van der Waals surface area contributed by atoms with Crippen LogP contribution in [0.25, 0.3) is 0 Å². The van der Waals surface area contributed by atoms with Crippen LogP contribution >= 0.6 is 0 Å². The maximum absolute atomic E-state index is 13.2. The van der Waals surface area contributed by atoms with Crippen LogP contribution in [0.1, 0.15) is 44.6 Å². The molecule has 2 amide bonds. The Balaban J connectivity index is 2.03. The van der Waals surface area contributed by atoms with Gasteiger partial charge in [-0.2, -0.15) is 0 Å². The molecule has 0 bridgehead atoms. The number of likely N-dealkylation sites (N-methyl/N-ethyl adjacent to an activating group) is 1. The fraction of sp³-hybridized carbons (Fsp3) is 0.545. The van der Waals surface area contributed by atoms with Crippen LogP contribution in [0.2, 0.25) is 0 Å². The van der Waals surface area contributed by atoms with Gasteiger partial charge in [-0.3, -0.25) is 9.59 Å². The normalized spacial score (nSPS) is 22.7. The highest BCUT2D eigenvalue weighted by Gasteiger charge is 2.37. The van der Waals surface area contributed by atoms with Gasteiger partial charge in [0, 0.05) is 26.6 Å². The first-order chi connectivity index (χ1) is 13.5. The van der Waals surface area contributed by atoms with E-state index >= 15 is 0 Å². The Morgan fingerprint density at radius 3 is 2.79 bits per heavy atom. The van der Waals surface area contributed by atoms with E-state index in [0.717, 1.165) is 42.7 Å². The number of anilines is 2. The zero-order valence-electron chi connectivity index (χ0n) is 17.1. The van der Waals surface area contributed by atoms with Crippen LogP contribution in [0.15, 0.2) is 30.9 Å². The third-order valence-electron chi connectivity index (χ3n) is 5.62. The summed E-state index contributed by atoms with van der Waals surface area (Å²) in [5, 5.41) is 3.23. The van der Waals surface area contributed by atoms with Crippen molar-refractivity contribution in [1.82, 2.24) is 5.32 Å². The van der Waals surface area contributed by atoms with Gasteiger partial charge >= 0.3 is 0 Å². The SMILES string of the molecule is C=CCC(CNC)c1ccc2c(c1)N(C(=O)C1CCCO1)C[C@H](C)N2C(C)=O. The molecular formula is C22H31N3O3. The number of ether oxygens (including phenoxy) is 1. The van der Waals surface area contributed by atoms with Gasteiger partial charge in [0.15, 0.2) is 0 Å². The number of amides is 2. The minimum atomic E-state index is -0.381. The second kappa shape index (κ2) is 8.88. The van der Waals surface area contributed by atoms with Gasteiger partial charge in [0.2, 0.25) is 5.91 Å². The number of benzene rings is 1. The molecule has 0 aliphatic carbocycles. The average molecular weight is 386 g/mol. The van der Waals surface area contributed by atoms with Crippen molar-refractivity contribution in [3.8, 4) is 0 Å². The van der Waals surface area contributed by atoms with Gasteiger partial charge < -0.3 is 19.9 Å². The molecule has 6 nitrogen and oxygen atoms in total. The summed E-state index contributed by atoms with van der Waals surface area (Å²) in [5.74, 6) is 0.251. The zero-order valence-corrected chi connectivity index (χ0v) is 17.1. The standard InChI is InChI=1S/C22H31N3O3/c1-5-7-18(13-23-4)17-9-10-19-20(12-17)24(14-15(2)25(19)16(3)26)22(27)21-8-6-11-28-21/h5,9-10,12,15,18,21,23H,1,6-8,11,13-14H2,2-4H3/t15-,18?,21?/m0/s1. The highest BCUT2D eigenvalue weighted by Crippen LogP contribution is 2.39. The summed E-state index contributed by atoms with van der Waals surface area (Å²) in [6.45, 7) is 9.36. The molecule has 3 rings (SSSR count). The van der Waals surface area contributed by atoms with E-state index in [4.69, 9.17) is 4.74 Å². The zero-order chi connectivity index (χ0) is 20.3. The summed E-state index contributed by atoms with van der Waals surface area (Å²) in [4.78, 5) is 29.1. The van der Waals surface area contributed by atoms with Crippen LogP contribution in [0.3, 0.4) is 0 Å². The molecule has 152 valence electrons. The van der Waals surface area contributed by atoms with Crippen LogP contribution < -0.4 is 15.1 Å². The summed E-state index contributed by atoms with van der Waals surface area (Å²) in [6, 6.07) is 6.02. The maximum Gasteiger partial charge on any atom is 0.256 e. The first-order valence-electron chi connectivity index (χ1n) is 10.1. The molecule has 0 saturated carbocycles. The molecule has 2 heterocycles. The van der Waals surface area contributed by atoms with Crippen LogP contribution in [0.4, 0.5) is 11.4 Å². The Labute approximate surface area is 167 Å². The van der Waals surface area contributed by atoms with Crippen LogP contribution in [-0.4, -0.2) is 50.7 Å². The Kier molecular flexibility index (Phi) is 6.52. The number of carbonyl (C=O) groups is 2. The van der Waals surface area contributed by atoms with E-state index in [9.17, 15) is 9.59 Å². The van der Waals surface area contributed by atoms with Crippen molar-refractivity contribution in [2.24, 2.45) is 0 Å². The van der Waals surface area contributed by atoms with Crippen LogP contribution in [0.5, 0.6) is 0 Å². The molecule has 1 aromatic rings. The molecule has 1 saturated heterocycles. The molecule has 1 aromatic carbocycles. The van der Waals surface area contributed by atoms with Gasteiger partial charge in [0.25, 0.3) is 5.91 Å². The van der Waals surface area contributed by atoms with Gasteiger partial charge in [-0.1, -0.05) is 12.1 Å². The van der Waals surface area contributed by atoms with Crippen molar-refractivity contribution < 1.29 is 14.3 Å². The van der Waals surface area contributed by atoms with Crippen molar-refractivity contribution in [3.63, 3.8) is 0 Å². The van der Waals surface area contributed by atoms with Gasteiger partial charge in [-0.25, -0.2) is 0 Å². The van der Waals surface area contributed by atoms with Crippen molar-refractivity contribution in [1.29, 1.82) is 0 Å². The van der Waals surface area contributed by atoms with E-state index in [1.54, 1.807) is 11.8 Å². The fourth-order valence-corrected chi connectivity index (χ4v) is 4.32. The predicted molar refractivity (Wildman–Crippen MR) is 112 cm³/mol.